The van der Waals surface area contributed by atoms with E-state index in [1.807, 2.05) is 0 Å². The summed E-state index contributed by atoms with van der Waals surface area (Å²) < 4.78 is 0. The average Bonchev–Trinajstić information content (AvgIpc) is 2.50. The molecule has 76 valence electrons. The molecule has 0 nitrogen and oxygen atoms in total. The van der Waals surface area contributed by atoms with Crippen molar-refractivity contribution in [2.75, 3.05) is 0 Å². The molecule has 0 amide bonds. The first-order valence-corrected chi connectivity index (χ1v) is 5.74. The number of rotatable bonds is 2. The van der Waals surface area contributed by atoms with Crippen molar-refractivity contribution in [1.29, 1.82) is 0 Å². The van der Waals surface area contributed by atoms with Crippen LogP contribution in [0.15, 0.2) is 11.6 Å². The van der Waals surface area contributed by atoms with Gasteiger partial charge in [0, 0.05) is 0 Å². The lowest BCUT2D eigenvalue weighted by Gasteiger charge is -2.19. The van der Waals surface area contributed by atoms with E-state index in [9.17, 15) is 0 Å². The number of allylic oxidation sites excluding steroid dienone is 2. The van der Waals surface area contributed by atoms with Gasteiger partial charge in [-0.3, -0.25) is 0 Å². The fourth-order valence-electron chi connectivity index (χ4n) is 2.36. The van der Waals surface area contributed by atoms with Crippen LogP contribution in [-0.4, -0.2) is 0 Å². The van der Waals surface area contributed by atoms with Gasteiger partial charge in [-0.1, -0.05) is 52.2 Å². The molecule has 0 heterocycles. The highest BCUT2D eigenvalue weighted by atomic mass is 14.2. The highest BCUT2D eigenvalue weighted by molar-refractivity contribution is 5.11. The van der Waals surface area contributed by atoms with Crippen LogP contribution in [0.2, 0.25) is 0 Å². The molecule has 1 rings (SSSR count). The maximum atomic E-state index is 2.50. The minimum atomic E-state index is 0.369. The van der Waals surface area contributed by atoms with Crippen molar-refractivity contribution >= 4 is 0 Å². The topological polar surface area (TPSA) is 0 Å². The molecule has 1 fully saturated rings. The third-order valence-corrected chi connectivity index (χ3v) is 2.91. The van der Waals surface area contributed by atoms with Gasteiger partial charge in [0.05, 0.1) is 0 Å². The summed E-state index contributed by atoms with van der Waals surface area (Å²) in [4.78, 5) is 0. The largest absolute Gasteiger partial charge is 0.0797 e. The van der Waals surface area contributed by atoms with Crippen molar-refractivity contribution in [2.24, 2.45) is 11.3 Å². The van der Waals surface area contributed by atoms with Crippen LogP contribution in [-0.2, 0) is 0 Å². The highest BCUT2D eigenvalue weighted by Crippen LogP contribution is 2.34. The van der Waals surface area contributed by atoms with Crippen LogP contribution < -0.4 is 0 Å². The summed E-state index contributed by atoms with van der Waals surface area (Å²) in [5.74, 6) is 0.921. The van der Waals surface area contributed by atoms with Gasteiger partial charge < -0.3 is 0 Å². The van der Waals surface area contributed by atoms with Gasteiger partial charge in [0.25, 0.3) is 0 Å². The minimum absolute atomic E-state index is 0.369. The Morgan fingerprint density at radius 2 is 1.77 bits per heavy atom. The van der Waals surface area contributed by atoms with Crippen molar-refractivity contribution in [1.82, 2.24) is 0 Å². The average molecular weight is 180 g/mol. The Bertz CT molecular complexity index is 175. The van der Waals surface area contributed by atoms with Crippen LogP contribution in [0.1, 0.15) is 59.8 Å². The molecule has 1 aliphatic carbocycles. The molecule has 0 heteroatoms. The monoisotopic (exact) mass is 180 g/mol. The Morgan fingerprint density at radius 1 is 1.23 bits per heavy atom. The second kappa shape index (κ2) is 4.30. The summed E-state index contributed by atoms with van der Waals surface area (Å²) in [7, 11) is 0. The molecule has 0 spiro atoms. The summed E-state index contributed by atoms with van der Waals surface area (Å²) in [5, 5.41) is 0. The quantitative estimate of drug-likeness (QED) is 0.546. The molecule has 0 saturated heterocycles. The standard InChI is InChI=1S/C13H24/c1-5-11(10-13(2,3)4)12-8-6-7-9-12/h10,12H,5-9H2,1-4H3/b11-10+. The van der Waals surface area contributed by atoms with E-state index in [1.54, 1.807) is 5.57 Å². The second-order valence-corrected chi connectivity index (χ2v) is 5.42. The number of hydrogen-bond donors (Lipinski definition) is 0. The highest BCUT2D eigenvalue weighted by Gasteiger charge is 2.19. The maximum absolute atomic E-state index is 2.50. The van der Waals surface area contributed by atoms with Gasteiger partial charge in [0.2, 0.25) is 0 Å². The Kier molecular flexibility index (Phi) is 3.58. The van der Waals surface area contributed by atoms with Gasteiger partial charge in [-0.25, -0.2) is 0 Å². The zero-order valence-electron chi connectivity index (χ0n) is 9.69. The van der Waals surface area contributed by atoms with Crippen molar-refractivity contribution < 1.29 is 0 Å². The van der Waals surface area contributed by atoms with Gasteiger partial charge in [-0.2, -0.15) is 0 Å². The third-order valence-electron chi connectivity index (χ3n) is 2.91. The molecule has 0 atom stereocenters. The molecule has 0 aromatic carbocycles. The molecule has 0 aromatic heterocycles. The summed E-state index contributed by atoms with van der Waals surface area (Å²) in [6, 6.07) is 0. The molecule has 0 unspecified atom stereocenters. The summed E-state index contributed by atoms with van der Waals surface area (Å²) in [5.41, 5.74) is 2.08. The first-order chi connectivity index (χ1) is 6.03. The third kappa shape index (κ3) is 3.54. The van der Waals surface area contributed by atoms with Gasteiger partial charge in [-0.15, -0.1) is 0 Å². The lowest BCUT2D eigenvalue weighted by Crippen LogP contribution is -2.06. The zero-order chi connectivity index (χ0) is 9.90. The van der Waals surface area contributed by atoms with Gasteiger partial charge in [0.15, 0.2) is 0 Å². The summed E-state index contributed by atoms with van der Waals surface area (Å²) >= 11 is 0. The Hall–Kier alpha value is -0.260. The lowest BCUT2D eigenvalue weighted by atomic mass is 9.86. The van der Waals surface area contributed by atoms with E-state index in [0.29, 0.717) is 5.41 Å². The molecule has 0 N–H and O–H groups in total. The van der Waals surface area contributed by atoms with Crippen LogP contribution >= 0.6 is 0 Å². The van der Waals surface area contributed by atoms with E-state index in [1.165, 1.54) is 32.1 Å². The van der Waals surface area contributed by atoms with E-state index in [0.717, 1.165) is 5.92 Å². The summed E-state index contributed by atoms with van der Waals surface area (Å²) in [6.45, 7) is 9.21. The Morgan fingerprint density at radius 3 is 2.15 bits per heavy atom. The molecule has 0 bridgehead atoms. The molecule has 0 aliphatic heterocycles. The molecule has 0 aromatic rings. The van der Waals surface area contributed by atoms with Gasteiger partial charge in [0.1, 0.15) is 0 Å². The van der Waals surface area contributed by atoms with Crippen LogP contribution in [0, 0.1) is 11.3 Å². The first kappa shape index (κ1) is 10.8. The molecule has 13 heavy (non-hydrogen) atoms. The predicted molar refractivity (Wildman–Crippen MR) is 59.8 cm³/mol. The summed E-state index contributed by atoms with van der Waals surface area (Å²) in [6.07, 6.45) is 9.54. The van der Waals surface area contributed by atoms with Crippen molar-refractivity contribution in [3.63, 3.8) is 0 Å². The van der Waals surface area contributed by atoms with Gasteiger partial charge >= 0.3 is 0 Å². The van der Waals surface area contributed by atoms with E-state index in [2.05, 4.69) is 33.8 Å². The molecular weight excluding hydrogens is 156 g/mol. The molecule has 0 radical (unpaired) electrons. The number of hydrogen-bond acceptors (Lipinski definition) is 0. The second-order valence-electron chi connectivity index (χ2n) is 5.42. The van der Waals surface area contributed by atoms with Crippen molar-refractivity contribution in [3.8, 4) is 0 Å². The van der Waals surface area contributed by atoms with E-state index in [-0.39, 0.29) is 0 Å². The molecule has 1 saturated carbocycles. The van der Waals surface area contributed by atoms with E-state index >= 15 is 0 Å². The van der Waals surface area contributed by atoms with E-state index < -0.39 is 0 Å². The van der Waals surface area contributed by atoms with Crippen LogP contribution in [0.5, 0.6) is 0 Å². The first-order valence-electron chi connectivity index (χ1n) is 5.74. The zero-order valence-corrected chi connectivity index (χ0v) is 9.69. The smallest absolute Gasteiger partial charge is 0.0200 e. The van der Waals surface area contributed by atoms with Crippen LogP contribution in [0.4, 0.5) is 0 Å². The Balaban J connectivity index is 2.65. The SMILES string of the molecule is CC/C(=C\C(C)(C)C)C1CCCC1. The lowest BCUT2D eigenvalue weighted by molar-refractivity contribution is 0.517. The molecular formula is C13H24. The Labute approximate surface area is 83.4 Å². The predicted octanol–water partition coefficient (Wildman–Crippen LogP) is 4.56. The maximum Gasteiger partial charge on any atom is -0.0200 e. The normalized spacial score (nSPS) is 21.1. The van der Waals surface area contributed by atoms with Crippen molar-refractivity contribution in [2.45, 2.75) is 59.8 Å². The molecule has 1 aliphatic rings. The fraction of sp³-hybridized carbons (Fsp3) is 0.846. The minimum Gasteiger partial charge on any atom is -0.0797 e. The van der Waals surface area contributed by atoms with Crippen molar-refractivity contribution in [3.05, 3.63) is 11.6 Å². The van der Waals surface area contributed by atoms with Gasteiger partial charge in [-0.05, 0) is 30.6 Å². The van der Waals surface area contributed by atoms with Crippen LogP contribution in [0.3, 0.4) is 0 Å². The van der Waals surface area contributed by atoms with E-state index in [4.69, 9.17) is 0 Å². The van der Waals surface area contributed by atoms with Crippen LogP contribution in [0.25, 0.3) is 0 Å². The fourth-order valence-corrected chi connectivity index (χ4v) is 2.36.